The van der Waals surface area contributed by atoms with Crippen LogP contribution in [0, 0.1) is 0 Å². The van der Waals surface area contributed by atoms with Crippen LogP contribution in [0.25, 0.3) is 16.9 Å². The van der Waals surface area contributed by atoms with Gasteiger partial charge in [0.05, 0.1) is 16.4 Å². The van der Waals surface area contributed by atoms with Crippen LogP contribution in [0.5, 0.6) is 0 Å². The number of hydrogen-bond acceptors (Lipinski definition) is 4. The second kappa shape index (κ2) is 12.6. The van der Waals surface area contributed by atoms with Crippen molar-refractivity contribution in [3.8, 4) is 11.3 Å². The van der Waals surface area contributed by atoms with Gasteiger partial charge in [0.25, 0.3) is 5.91 Å². The molecule has 0 fully saturated rings. The third-order valence-corrected chi connectivity index (χ3v) is 7.85. The molecule has 0 unspecified atom stereocenters. The average Bonchev–Trinajstić information content (AvgIpc) is 3.40. The SMILES string of the molecule is O=C(NCc1cccc(CNc2cc(-c3ccccc3Cl)nc3c(Br)cnn23)c1)c1ccc(Cc2ccccc2)cc1. The van der Waals surface area contributed by atoms with Gasteiger partial charge in [-0.2, -0.15) is 9.61 Å². The summed E-state index contributed by atoms with van der Waals surface area (Å²) in [7, 11) is 0. The van der Waals surface area contributed by atoms with E-state index in [9.17, 15) is 4.79 Å². The number of rotatable bonds is 9. The van der Waals surface area contributed by atoms with Crippen LogP contribution in [0.3, 0.4) is 0 Å². The van der Waals surface area contributed by atoms with E-state index in [-0.39, 0.29) is 5.91 Å². The molecule has 6 nitrogen and oxygen atoms in total. The van der Waals surface area contributed by atoms with Crippen molar-refractivity contribution >= 4 is 44.9 Å². The number of nitrogens with zero attached hydrogens (tertiary/aromatic N) is 3. The van der Waals surface area contributed by atoms with Gasteiger partial charge in [0.15, 0.2) is 5.65 Å². The molecule has 0 bridgehead atoms. The predicted octanol–water partition coefficient (Wildman–Crippen LogP) is 7.95. The molecule has 0 aliphatic carbocycles. The number of fused-ring (bicyclic) bond motifs is 1. The highest BCUT2D eigenvalue weighted by molar-refractivity contribution is 9.10. The molecule has 2 heterocycles. The number of nitrogens with one attached hydrogen (secondary N) is 2. The zero-order valence-corrected chi connectivity index (χ0v) is 24.9. The quantitative estimate of drug-likeness (QED) is 0.169. The third kappa shape index (κ3) is 6.38. The molecule has 4 aromatic carbocycles. The molecule has 0 spiro atoms. The molecule has 1 amide bonds. The maximum atomic E-state index is 12.8. The lowest BCUT2D eigenvalue weighted by molar-refractivity contribution is 0.0951. The Balaban J connectivity index is 1.11. The van der Waals surface area contributed by atoms with Crippen molar-refractivity contribution in [2.24, 2.45) is 0 Å². The van der Waals surface area contributed by atoms with Gasteiger partial charge in [0, 0.05) is 35.3 Å². The summed E-state index contributed by atoms with van der Waals surface area (Å²) >= 11 is 10.0. The lowest BCUT2D eigenvalue weighted by atomic mass is 10.0. The lowest BCUT2D eigenvalue weighted by Crippen LogP contribution is -2.22. The molecule has 0 atom stereocenters. The monoisotopic (exact) mass is 635 g/mol. The molecule has 42 heavy (non-hydrogen) atoms. The number of anilines is 1. The fourth-order valence-electron chi connectivity index (χ4n) is 4.80. The van der Waals surface area contributed by atoms with Crippen molar-refractivity contribution in [1.82, 2.24) is 19.9 Å². The van der Waals surface area contributed by atoms with Gasteiger partial charge >= 0.3 is 0 Å². The van der Waals surface area contributed by atoms with Crippen LogP contribution in [0.4, 0.5) is 5.82 Å². The summed E-state index contributed by atoms with van der Waals surface area (Å²) in [5.41, 5.74) is 7.44. The van der Waals surface area contributed by atoms with E-state index in [0.29, 0.717) is 29.3 Å². The molecule has 0 aliphatic rings. The number of hydrogen-bond donors (Lipinski definition) is 2. The zero-order valence-electron chi connectivity index (χ0n) is 22.6. The summed E-state index contributed by atoms with van der Waals surface area (Å²) in [6, 6.07) is 35.8. The van der Waals surface area contributed by atoms with Crippen molar-refractivity contribution < 1.29 is 4.79 Å². The summed E-state index contributed by atoms with van der Waals surface area (Å²) in [5.74, 6) is 0.690. The van der Waals surface area contributed by atoms with Gasteiger partial charge in [-0.15, -0.1) is 0 Å². The molecule has 0 saturated heterocycles. The van der Waals surface area contributed by atoms with Gasteiger partial charge in [-0.25, -0.2) is 4.98 Å². The fraction of sp³-hybridized carbons (Fsp3) is 0.0882. The van der Waals surface area contributed by atoms with E-state index in [1.807, 2.05) is 84.9 Å². The Morgan fingerprint density at radius 3 is 2.26 bits per heavy atom. The van der Waals surface area contributed by atoms with Crippen LogP contribution in [-0.2, 0) is 19.5 Å². The van der Waals surface area contributed by atoms with Gasteiger partial charge in [-0.1, -0.05) is 96.5 Å². The molecule has 6 rings (SSSR count). The number of amides is 1. The van der Waals surface area contributed by atoms with Crippen molar-refractivity contribution in [1.29, 1.82) is 0 Å². The van der Waals surface area contributed by atoms with Gasteiger partial charge in [0.1, 0.15) is 5.82 Å². The van der Waals surface area contributed by atoms with Crippen LogP contribution in [-0.4, -0.2) is 20.5 Å². The maximum Gasteiger partial charge on any atom is 0.251 e. The first-order chi connectivity index (χ1) is 20.5. The van der Waals surface area contributed by atoms with E-state index in [0.717, 1.165) is 39.1 Å². The smallest absolute Gasteiger partial charge is 0.251 e. The number of benzene rings is 4. The molecular weight excluding hydrogens is 610 g/mol. The van der Waals surface area contributed by atoms with Gasteiger partial charge in [-0.05, 0) is 62.8 Å². The van der Waals surface area contributed by atoms with Crippen LogP contribution < -0.4 is 10.6 Å². The summed E-state index contributed by atoms with van der Waals surface area (Å²) < 4.78 is 2.56. The molecule has 0 aliphatic heterocycles. The van der Waals surface area contributed by atoms with E-state index in [4.69, 9.17) is 16.6 Å². The maximum absolute atomic E-state index is 12.8. The van der Waals surface area contributed by atoms with E-state index in [1.165, 1.54) is 11.1 Å². The minimum atomic E-state index is -0.0969. The fourth-order valence-corrected chi connectivity index (χ4v) is 5.38. The Morgan fingerprint density at radius 2 is 1.48 bits per heavy atom. The summed E-state index contributed by atoms with van der Waals surface area (Å²) in [4.78, 5) is 17.6. The van der Waals surface area contributed by atoms with E-state index >= 15 is 0 Å². The molecule has 208 valence electrons. The first-order valence-corrected chi connectivity index (χ1v) is 14.7. The highest BCUT2D eigenvalue weighted by atomic mass is 79.9. The van der Waals surface area contributed by atoms with Gasteiger partial charge in [-0.3, -0.25) is 4.79 Å². The Morgan fingerprint density at radius 1 is 0.786 bits per heavy atom. The summed E-state index contributed by atoms with van der Waals surface area (Å²) in [6.07, 6.45) is 2.57. The van der Waals surface area contributed by atoms with Crippen LogP contribution >= 0.6 is 27.5 Å². The number of halogens is 2. The molecule has 2 aromatic heterocycles. The van der Waals surface area contributed by atoms with Gasteiger partial charge in [0.2, 0.25) is 0 Å². The van der Waals surface area contributed by atoms with E-state index in [1.54, 1.807) is 10.7 Å². The predicted molar refractivity (Wildman–Crippen MR) is 172 cm³/mol. The second-order valence-corrected chi connectivity index (χ2v) is 11.2. The van der Waals surface area contributed by atoms with Crippen LogP contribution in [0.15, 0.2) is 120 Å². The molecule has 6 aromatic rings. The Bertz CT molecular complexity index is 1850. The average molecular weight is 637 g/mol. The van der Waals surface area contributed by atoms with Crippen molar-refractivity contribution in [3.05, 3.63) is 153 Å². The molecule has 0 radical (unpaired) electrons. The number of carbonyl (C=O) groups excluding carboxylic acids is 1. The van der Waals surface area contributed by atoms with Crippen molar-refractivity contribution in [3.63, 3.8) is 0 Å². The standard InChI is InChI=1S/C34H27BrClN5O/c35-29-22-39-41-32(19-31(40-33(29)41)28-11-4-5-12-30(28)36)37-20-25-9-6-10-26(18-25)21-38-34(42)27-15-13-24(14-16-27)17-23-7-2-1-3-8-23/h1-16,18-19,22,37H,17,20-21H2,(H,38,42). The Hall–Kier alpha value is -4.46. The van der Waals surface area contributed by atoms with Crippen molar-refractivity contribution in [2.75, 3.05) is 5.32 Å². The Labute approximate surface area is 257 Å². The minimum Gasteiger partial charge on any atom is -0.366 e. The molecule has 2 N–H and O–H groups in total. The van der Waals surface area contributed by atoms with Gasteiger partial charge < -0.3 is 10.6 Å². The topological polar surface area (TPSA) is 71.3 Å². The Kier molecular flexibility index (Phi) is 8.30. The van der Waals surface area contributed by atoms with Crippen LogP contribution in [0.2, 0.25) is 5.02 Å². The lowest BCUT2D eigenvalue weighted by Gasteiger charge is -2.13. The van der Waals surface area contributed by atoms with Crippen molar-refractivity contribution in [2.45, 2.75) is 19.5 Å². The third-order valence-electron chi connectivity index (χ3n) is 6.96. The summed E-state index contributed by atoms with van der Waals surface area (Å²) in [5, 5.41) is 11.6. The largest absolute Gasteiger partial charge is 0.366 e. The minimum absolute atomic E-state index is 0.0969. The first kappa shape index (κ1) is 27.7. The van der Waals surface area contributed by atoms with E-state index < -0.39 is 0 Å². The normalized spacial score (nSPS) is 11.0. The molecular formula is C34H27BrClN5O. The van der Waals surface area contributed by atoms with Crippen LogP contribution in [0.1, 0.15) is 32.6 Å². The summed E-state index contributed by atoms with van der Waals surface area (Å²) in [6.45, 7) is 0.990. The highest BCUT2D eigenvalue weighted by Crippen LogP contribution is 2.30. The molecule has 0 saturated carbocycles. The van der Waals surface area contributed by atoms with E-state index in [2.05, 4.69) is 55.9 Å². The molecule has 8 heteroatoms. The first-order valence-electron chi connectivity index (χ1n) is 13.6. The number of carbonyl (C=O) groups is 1. The zero-order chi connectivity index (χ0) is 28.9. The second-order valence-electron chi connectivity index (χ2n) is 9.95. The number of aromatic nitrogens is 3. The highest BCUT2D eigenvalue weighted by Gasteiger charge is 2.13.